The van der Waals surface area contributed by atoms with E-state index < -0.39 is 5.82 Å². The van der Waals surface area contributed by atoms with Crippen LogP contribution in [0.5, 0.6) is 5.75 Å². The summed E-state index contributed by atoms with van der Waals surface area (Å²) in [4.78, 5) is 1.47. The van der Waals surface area contributed by atoms with Gasteiger partial charge in [0.05, 0.1) is 12.7 Å². The minimum atomic E-state index is -0.529. The van der Waals surface area contributed by atoms with Gasteiger partial charge in [0.25, 0.3) is 0 Å². The Hall–Kier alpha value is -2.21. The van der Waals surface area contributed by atoms with E-state index in [4.69, 9.17) is 15.7 Å². The summed E-state index contributed by atoms with van der Waals surface area (Å²) in [6.07, 6.45) is 0. The van der Waals surface area contributed by atoms with Crippen LogP contribution in [0.15, 0.2) is 57.4 Å². The molecule has 0 heterocycles. The molecule has 0 atom stereocenters. The van der Waals surface area contributed by atoms with Crippen molar-refractivity contribution in [1.29, 1.82) is 0 Å². The van der Waals surface area contributed by atoms with Crippen LogP contribution >= 0.6 is 11.8 Å². The maximum Gasteiger partial charge on any atom is 0.174 e. The van der Waals surface area contributed by atoms with Crippen molar-refractivity contribution in [3.63, 3.8) is 0 Å². The van der Waals surface area contributed by atoms with Crippen molar-refractivity contribution in [2.45, 2.75) is 9.79 Å². The zero-order valence-corrected chi connectivity index (χ0v) is 11.5. The predicted molar refractivity (Wildman–Crippen MR) is 76.0 cm³/mol. The van der Waals surface area contributed by atoms with Gasteiger partial charge in [0.2, 0.25) is 0 Å². The number of hydrogen-bond acceptors (Lipinski definition) is 4. The molecule has 0 aliphatic heterocycles. The highest BCUT2D eigenvalue weighted by molar-refractivity contribution is 7.99. The number of nitrogens with two attached hydrogens (primary N) is 1. The van der Waals surface area contributed by atoms with E-state index in [1.807, 2.05) is 24.3 Å². The molecular weight excluding hydrogens is 279 g/mol. The fourth-order valence-corrected chi connectivity index (χ4v) is 2.64. The number of benzene rings is 2. The molecule has 4 nitrogen and oxygen atoms in total. The Kier molecular flexibility index (Phi) is 4.47. The first-order valence-electron chi connectivity index (χ1n) is 5.74. The van der Waals surface area contributed by atoms with Crippen molar-refractivity contribution in [2.75, 3.05) is 7.11 Å². The summed E-state index contributed by atoms with van der Waals surface area (Å²) < 4.78 is 18.9. The number of oxime groups is 1. The molecule has 0 aliphatic carbocycles. The summed E-state index contributed by atoms with van der Waals surface area (Å²) in [6, 6.07) is 11.9. The quantitative estimate of drug-likeness (QED) is 0.393. The Morgan fingerprint density at radius 2 is 1.95 bits per heavy atom. The number of nitrogens with zero attached hydrogens (tertiary/aromatic N) is 1. The fraction of sp³-hybridized carbons (Fsp3) is 0.0714. The molecule has 0 saturated heterocycles. The second-order valence-electron chi connectivity index (χ2n) is 3.88. The second-order valence-corrected chi connectivity index (χ2v) is 4.99. The molecule has 0 bridgehead atoms. The number of hydrogen-bond donors (Lipinski definition) is 2. The zero-order chi connectivity index (χ0) is 14.5. The molecule has 2 aromatic carbocycles. The standard InChI is InChI=1S/C14H13FN2O2S/c1-19-9-5-7-10(8-6-9)20-12-4-2-3-11(15)13(12)14(16)17-18/h2-8,18H,1H3,(H2,16,17). The van der Waals surface area contributed by atoms with E-state index in [9.17, 15) is 4.39 Å². The van der Waals surface area contributed by atoms with Crippen LogP contribution in [0, 0.1) is 5.82 Å². The van der Waals surface area contributed by atoms with Crippen molar-refractivity contribution < 1.29 is 14.3 Å². The Balaban J connectivity index is 2.35. The van der Waals surface area contributed by atoms with Gasteiger partial charge in [-0.25, -0.2) is 4.39 Å². The second kappa shape index (κ2) is 6.29. The lowest BCUT2D eigenvalue weighted by Crippen LogP contribution is -2.16. The summed E-state index contributed by atoms with van der Waals surface area (Å²) in [5, 5.41) is 11.6. The SMILES string of the molecule is COc1ccc(Sc2cccc(F)c2C(N)=NO)cc1. The average Bonchev–Trinajstić information content (AvgIpc) is 2.47. The molecule has 0 radical (unpaired) electrons. The van der Waals surface area contributed by atoms with Crippen LogP contribution in [-0.2, 0) is 0 Å². The minimum Gasteiger partial charge on any atom is -0.497 e. The topological polar surface area (TPSA) is 67.8 Å². The highest BCUT2D eigenvalue weighted by Crippen LogP contribution is 2.32. The summed E-state index contributed by atoms with van der Waals surface area (Å²) in [5.74, 6) is -0.0387. The largest absolute Gasteiger partial charge is 0.497 e. The first kappa shape index (κ1) is 14.2. The van der Waals surface area contributed by atoms with E-state index in [2.05, 4.69) is 5.16 Å². The van der Waals surface area contributed by atoms with Crippen LogP contribution in [0.2, 0.25) is 0 Å². The fourth-order valence-electron chi connectivity index (χ4n) is 1.66. The highest BCUT2D eigenvalue weighted by atomic mass is 32.2. The Bertz CT molecular complexity index is 630. The van der Waals surface area contributed by atoms with Gasteiger partial charge in [0.1, 0.15) is 11.6 Å². The van der Waals surface area contributed by atoms with E-state index >= 15 is 0 Å². The molecule has 0 unspecified atom stereocenters. The monoisotopic (exact) mass is 292 g/mol. The highest BCUT2D eigenvalue weighted by Gasteiger charge is 2.13. The van der Waals surface area contributed by atoms with Gasteiger partial charge in [0, 0.05) is 9.79 Å². The Morgan fingerprint density at radius 3 is 2.55 bits per heavy atom. The van der Waals surface area contributed by atoms with Gasteiger partial charge in [0.15, 0.2) is 5.84 Å². The summed E-state index contributed by atoms with van der Waals surface area (Å²) >= 11 is 1.32. The van der Waals surface area contributed by atoms with Gasteiger partial charge < -0.3 is 15.7 Å². The lowest BCUT2D eigenvalue weighted by molar-refractivity contribution is 0.318. The minimum absolute atomic E-state index is 0.0934. The number of rotatable bonds is 4. The average molecular weight is 292 g/mol. The van der Waals surface area contributed by atoms with Crippen LogP contribution in [-0.4, -0.2) is 18.2 Å². The van der Waals surface area contributed by atoms with Crippen molar-refractivity contribution in [3.05, 3.63) is 53.8 Å². The van der Waals surface area contributed by atoms with E-state index in [-0.39, 0.29) is 11.4 Å². The molecule has 0 aliphatic rings. The maximum absolute atomic E-state index is 13.8. The first-order valence-corrected chi connectivity index (χ1v) is 6.55. The summed E-state index contributed by atoms with van der Waals surface area (Å²) in [7, 11) is 1.59. The number of ether oxygens (including phenoxy) is 1. The predicted octanol–water partition coefficient (Wildman–Crippen LogP) is 3.08. The van der Waals surface area contributed by atoms with Gasteiger partial charge in [-0.1, -0.05) is 23.0 Å². The van der Waals surface area contributed by atoms with Crippen molar-refractivity contribution >= 4 is 17.6 Å². The molecule has 2 rings (SSSR count). The van der Waals surface area contributed by atoms with Gasteiger partial charge in [-0.15, -0.1) is 0 Å². The molecule has 0 saturated carbocycles. The smallest absolute Gasteiger partial charge is 0.174 e. The van der Waals surface area contributed by atoms with Crippen molar-refractivity contribution in [3.8, 4) is 5.75 Å². The molecule has 0 spiro atoms. The van der Waals surface area contributed by atoms with Gasteiger partial charge in [-0.2, -0.15) is 0 Å². The van der Waals surface area contributed by atoms with Gasteiger partial charge in [-0.05, 0) is 36.4 Å². The van der Waals surface area contributed by atoms with Crippen molar-refractivity contribution in [2.24, 2.45) is 10.9 Å². The van der Waals surface area contributed by atoms with Gasteiger partial charge in [-0.3, -0.25) is 0 Å². The Morgan fingerprint density at radius 1 is 1.25 bits per heavy atom. The normalized spacial score (nSPS) is 11.4. The van der Waals surface area contributed by atoms with Crippen molar-refractivity contribution in [1.82, 2.24) is 0 Å². The van der Waals surface area contributed by atoms with Crippen LogP contribution < -0.4 is 10.5 Å². The van der Waals surface area contributed by atoms with Crippen LogP contribution in [0.4, 0.5) is 4.39 Å². The number of amidine groups is 1. The van der Waals surface area contributed by atoms with E-state index in [1.54, 1.807) is 19.2 Å². The van der Waals surface area contributed by atoms with E-state index in [1.165, 1.54) is 17.8 Å². The molecule has 6 heteroatoms. The third kappa shape index (κ3) is 3.03. The molecule has 0 fully saturated rings. The molecule has 0 amide bonds. The number of halogens is 1. The molecule has 3 N–H and O–H groups in total. The van der Waals surface area contributed by atoms with E-state index in [0.29, 0.717) is 4.90 Å². The molecule has 104 valence electrons. The van der Waals surface area contributed by atoms with E-state index in [0.717, 1.165) is 10.6 Å². The molecule has 2 aromatic rings. The third-order valence-electron chi connectivity index (χ3n) is 2.63. The summed E-state index contributed by atoms with van der Waals surface area (Å²) in [5.41, 5.74) is 5.62. The lowest BCUT2D eigenvalue weighted by atomic mass is 10.2. The maximum atomic E-state index is 13.8. The summed E-state index contributed by atoms with van der Waals surface area (Å²) in [6.45, 7) is 0. The van der Waals surface area contributed by atoms with Crippen LogP contribution in [0.25, 0.3) is 0 Å². The molecule has 0 aromatic heterocycles. The van der Waals surface area contributed by atoms with Gasteiger partial charge >= 0.3 is 0 Å². The first-order chi connectivity index (χ1) is 9.65. The molecular formula is C14H13FN2O2S. The van der Waals surface area contributed by atoms with Crippen LogP contribution in [0.1, 0.15) is 5.56 Å². The molecule has 20 heavy (non-hydrogen) atoms. The Labute approximate surface area is 120 Å². The zero-order valence-electron chi connectivity index (χ0n) is 10.7. The third-order valence-corrected chi connectivity index (χ3v) is 3.69. The number of methoxy groups -OCH3 is 1. The van der Waals surface area contributed by atoms with Crippen LogP contribution in [0.3, 0.4) is 0 Å². The lowest BCUT2D eigenvalue weighted by Gasteiger charge is -2.09.